The molecule has 0 aromatic carbocycles. The number of amides is 1. The molecule has 1 heterocycles. The first-order valence-electron chi connectivity index (χ1n) is 4.17. The summed E-state index contributed by atoms with van der Waals surface area (Å²) in [6, 6.07) is 2.01. The Morgan fingerprint density at radius 2 is 2.38 bits per heavy atom. The first-order valence-corrected chi connectivity index (χ1v) is 5.05. The molecule has 1 amide bonds. The van der Waals surface area contributed by atoms with Crippen LogP contribution >= 0.6 is 11.3 Å². The maximum Gasteiger partial charge on any atom is 0.228 e. The van der Waals surface area contributed by atoms with Gasteiger partial charge >= 0.3 is 0 Å². The molecule has 1 aromatic heterocycles. The van der Waals surface area contributed by atoms with Crippen molar-refractivity contribution in [2.75, 3.05) is 18.5 Å². The average Bonchev–Trinajstić information content (AvgIpc) is 2.50. The monoisotopic (exact) mass is 198 g/mol. The number of hydrogen-bond donors (Lipinski definition) is 1. The van der Waals surface area contributed by atoms with Crippen LogP contribution in [0.3, 0.4) is 0 Å². The molecule has 0 fully saturated rings. The molecule has 0 saturated heterocycles. The minimum Gasteiger partial charge on any atom is -0.330 e. The van der Waals surface area contributed by atoms with E-state index in [-0.39, 0.29) is 5.91 Å². The lowest BCUT2D eigenvalue weighted by atomic mass is 10.3. The molecular formula is C9H14N2OS. The summed E-state index contributed by atoms with van der Waals surface area (Å²) >= 11 is 1.58. The van der Waals surface area contributed by atoms with Crippen molar-refractivity contribution in [2.24, 2.45) is 5.73 Å². The Kier molecular flexibility index (Phi) is 3.45. The summed E-state index contributed by atoms with van der Waals surface area (Å²) in [5.41, 5.74) is 6.45. The van der Waals surface area contributed by atoms with Gasteiger partial charge in [-0.25, -0.2) is 0 Å². The van der Waals surface area contributed by atoms with Gasteiger partial charge in [0.25, 0.3) is 0 Å². The number of carbonyl (C=O) groups is 1. The highest BCUT2D eigenvalue weighted by Gasteiger charge is 2.12. The molecule has 4 heteroatoms. The first kappa shape index (κ1) is 10.2. The van der Waals surface area contributed by atoms with Gasteiger partial charge in [0.15, 0.2) is 0 Å². The molecule has 0 saturated carbocycles. The summed E-state index contributed by atoms with van der Waals surface area (Å²) in [4.78, 5) is 13.1. The zero-order valence-electron chi connectivity index (χ0n) is 7.91. The summed E-state index contributed by atoms with van der Waals surface area (Å²) in [5.74, 6) is 0.0769. The summed E-state index contributed by atoms with van der Waals surface area (Å²) in [6.45, 7) is 2.41. The summed E-state index contributed by atoms with van der Waals surface area (Å²) in [7, 11) is 1.79. The minimum atomic E-state index is 0.0769. The predicted molar refractivity (Wildman–Crippen MR) is 56.1 cm³/mol. The zero-order valence-corrected chi connectivity index (χ0v) is 8.73. The molecule has 0 atom stereocenters. The SMILES string of the molecule is Cc1ccsc1N(C)C(=O)CCN. The van der Waals surface area contributed by atoms with E-state index in [0.717, 1.165) is 10.6 Å². The Morgan fingerprint density at radius 1 is 1.69 bits per heavy atom. The van der Waals surface area contributed by atoms with Crippen molar-refractivity contribution < 1.29 is 4.79 Å². The second kappa shape index (κ2) is 4.39. The van der Waals surface area contributed by atoms with E-state index in [1.807, 2.05) is 18.4 Å². The first-order chi connectivity index (χ1) is 6.16. The van der Waals surface area contributed by atoms with Crippen molar-refractivity contribution in [3.05, 3.63) is 17.0 Å². The van der Waals surface area contributed by atoms with Crippen molar-refractivity contribution in [3.8, 4) is 0 Å². The summed E-state index contributed by atoms with van der Waals surface area (Å²) < 4.78 is 0. The van der Waals surface area contributed by atoms with Gasteiger partial charge < -0.3 is 10.6 Å². The predicted octanol–water partition coefficient (Wildman–Crippen LogP) is 1.37. The molecule has 72 valence electrons. The Bertz CT molecular complexity index is 296. The number of aryl methyl sites for hydroxylation is 1. The van der Waals surface area contributed by atoms with Gasteiger partial charge in [-0.3, -0.25) is 4.79 Å². The van der Waals surface area contributed by atoms with Crippen LogP contribution in [0.2, 0.25) is 0 Å². The van der Waals surface area contributed by atoms with Gasteiger partial charge in [-0.15, -0.1) is 11.3 Å². The Hall–Kier alpha value is -0.870. The summed E-state index contributed by atoms with van der Waals surface area (Å²) in [6.07, 6.45) is 0.411. The van der Waals surface area contributed by atoms with Crippen LogP contribution < -0.4 is 10.6 Å². The van der Waals surface area contributed by atoms with Crippen LogP contribution in [0.25, 0.3) is 0 Å². The highest BCUT2D eigenvalue weighted by Crippen LogP contribution is 2.25. The molecule has 0 radical (unpaired) electrons. The standard InChI is InChI=1S/C9H14N2OS/c1-7-4-6-13-9(7)11(2)8(12)3-5-10/h4,6H,3,5,10H2,1-2H3. The van der Waals surface area contributed by atoms with Gasteiger partial charge in [0.05, 0.1) is 0 Å². The van der Waals surface area contributed by atoms with Crippen molar-refractivity contribution >= 4 is 22.2 Å². The van der Waals surface area contributed by atoms with Gasteiger partial charge in [0, 0.05) is 20.0 Å². The van der Waals surface area contributed by atoms with E-state index < -0.39 is 0 Å². The molecule has 1 aromatic rings. The van der Waals surface area contributed by atoms with E-state index >= 15 is 0 Å². The van der Waals surface area contributed by atoms with Gasteiger partial charge in [0.2, 0.25) is 5.91 Å². The normalized spacial score (nSPS) is 10.1. The topological polar surface area (TPSA) is 46.3 Å². The van der Waals surface area contributed by atoms with Crippen LogP contribution in [0.15, 0.2) is 11.4 Å². The van der Waals surface area contributed by atoms with Crippen LogP contribution in [0.5, 0.6) is 0 Å². The summed E-state index contributed by atoms with van der Waals surface area (Å²) in [5, 5.41) is 3.00. The number of thiophene rings is 1. The van der Waals surface area contributed by atoms with Crippen LogP contribution in [0.1, 0.15) is 12.0 Å². The van der Waals surface area contributed by atoms with E-state index in [0.29, 0.717) is 13.0 Å². The van der Waals surface area contributed by atoms with Crippen molar-refractivity contribution in [1.82, 2.24) is 0 Å². The third kappa shape index (κ3) is 2.29. The number of carbonyl (C=O) groups excluding carboxylic acids is 1. The maximum atomic E-state index is 11.4. The second-order valence-electron chi connectivity index (χ2n) is 2.90. The fourth-order valence-corrected chi connectivity index (χ4v) is 2.03. The van der Waals surface area contributed by atoms with E-state index in [1.165, 1.54) is 0 Å². The van der Waals surface area contributed by atoms with Crippen molar-refractivity contribution in [2.45, 2.75) is 13.3 Å². The molecule has 1 rings (SSSR count). The van der Waals surface area contributed by atoms with E-state index in [2.05, 4.69) is 0 Å². The van der Waals surface area contributed by atoms with Gasteiger partial charge in [0.1, 0.15) is 5.00 Å². The molecule has 13 heavy (non-hydrogen) atoms. The van der Waals surface area contributed by atoms with Gasteiger partial charge in [-0.05, 0) is 23.9 Å². The smallest absolute Gasteiger partial charge is 0.228 e. The lowest BCUT2D eigenvalue weighted by Crippen LogP contribution is -2.27. The van der Waals surface area contributed by atoms with Crippen LogP contribution in [0.4, 0.5) is 5.00 Å². The van der Waals surface area contributed by atoms with E-state index in [1.54, 1.807) is 23.3 Å². The Balaban J connectivity index is 2.73. The van der Waals surface area contributed by atoms with Gasteiger partial charge in [-0.1, -0.05) is 0 Å². The average molecular weight is 198 g/mol. The Morgan fingerprint density at radius 3 is 2.85 bits per heavy atom. The second-order valence-corrected chi connectivity index (χ2v) is 3.79. The zero-order chi connectivity index (χ0) is 9.84. The molecule has 0 aliphatic rings. The third-order valence-electron chi connectivity index (χ3n) is 1.87. The Labute approximate surface area is 82.2 Å². The molecular weight excluding hydrogens is 184 g/mol. The minimum absolute atomic E-state index is 0.0769. The van der Waals surface area contributed by atoms with Crippen LogP contribution in [-0.4, -0.2) is 19.5 Å². The third-order valence-corrected chi connectivity index (χ3v) is 2.96. The number of rotatable bonds is 3. The number of nitrogens with zero attached hydrogens (tertiary/aromatic N) is 1. The quantitative estimate of drug-likeness (QED) is 0.797. The van der Waals surface area contributed by atoms with Crippen LogP contribution in [-0.2, 0) is 4.79 Å². The maximum absolute atomic E-state index is 11.4. The number of nitrogens with two attached hydrogens (primary N) is 1. The van der Waals surface area contributed by atoms with Gasteiger partial charge in [-0.2, -0.15) is 0 Å². The van der Waals surface area contributed by atoms with E-state index in [9.17, 15) is 4.79 Å². The molecule has 2 N–H and O–H groups in total. The highest BCUT2D eigenvalue weighted by molar-refractivity contribution is 7.14. The molecule has 0 spiro atoms. The van der Waals surface area contributed by atoms with Crippen molar-refractivity contribution in [3.63, 3.8) is 0 Å². The molecule has 0 aliphatic carbocycles. The number of anilines is 1. The van der Waals surface area contributed by atoms with Crippen molar-refractivity contribution in [1.29, 1.82) is 0 Å². The molecule has 3 nitrogen and oxygen atoms in total. The lowest BCUT2D eigenvalue weighted by Gasteiger charge is -2.15. The number of hydrogen-bond acceptors (Lipinski definition) is 3. The fraction of sp³-hybridized carbons (Fsp3) is 0.444. The van der Waals surface area contributed by atoms with E-state index in [4.69, 9.17) is 5.73 Å². The molecule has 0 bridgehead atoms. The fourth-order valence-electron chi connectivity index (χ4n) is 1.11. The highest BCUT2D eigenvalue weighted by atomic mass is 32.1. The van der Waals surface area contributed by atoms with Crippen LogP contribution in [0, 0.1) is 6.92 Å². The largest absolute Gasteiger partial charge is 0.330 e. The molecule has 0 aliphatic heterocycles. The lowest BCUT2D eigenvalue weighted by molar-refractivity contribution is -0.118. The molecule has 0 unspecified atom stereocenters.